The lowest BCUT2D eigenvalue weighted by molar-refractivity contribution is -0.137. The van der Waals surface area contributed by atoms with Crippen LogP contribution in [0.25, 0.3) is 0 Å². The Morgan fingerprint density at radius 3 is 1.85 bits per heavy atom. The summed E-state index contributed by atoms with van der Waals surface area (Å²) < 4.78 is 68.4. The first-order valence-corrected chi connectivity index (χ1v) is 18.7. The molecule has 6 atom stereocenters. The monoisotopic (exact) mass is 773 g/mol. The van der Waals surface area contributed by atoms with E-state index in [0.717, 1.165) is 40.2 Å². The van der Waals surface area contributed by atoms with Gasteiger partial charge in [0.1, 0.15) is 29.9 Å². The molecule has 5 heterocycles. The Hall–Kier alpha value is -4.02. The average molecular weight is 774 g/mol. The second-order valence-corrected chi connectivity index (χ2v) is 14.4. The molecule has 3 fully saturated rings. The minimum absolute atomic E-state index is 0.0127. The van der Waals surface area contributed by atoms with Crippen molar-refractivity contribution >= 4 is 17.7 Å². The van der Waals surface area contributed by atoms with Gasteiger partial charge in [0.25, 0.3) is 0 Å². The Morgan fingerprint density at radius 1 is 0.818 bits per heavy atom. The summed E-state index contributed by atoms with van der Waals surface area (Å²) in [5, 5.41) is 9.47. The quantitative estimate of drug-likeness (QED) is 0.228. The van der Waals surface area contributed by atoms with Crippen molar-refractivity contribution in [1.82, 2.24) is 14.9 Å². The normalized spacial score (nSPS) is 23.8. The van der Waals surface area contributed by atoms with Crippen molar-refractivity contribution in [2.45, 2.75) is 97.3 Å². The Labute approximate surface area is 321 Å². The van der Waals surface area contributed by atoms with Crippen LogP contribution >= 0.6 is 0 Å². The number of alkyl halides is 3. The second kappa shape index (κ2) is 18.3. The number of pyridine rings is 2. The van der Waals surface area contributed by atoms with Gasteiger partial charge in [0.15, 0.2) is 0 Å². The summed E-state index contributed by atoms with van der Waals surface area (Å²) >= 11 is 0. The van der Waals surface area contributed by atoms with Gasteiger partial charge in [0.05, 0.1) is 63.3 Å². The number of benzene rings is 1. The number of ether oxygens (including phenoxy) is 5. The maximum absolute atomic E-state index is 13.4. The molecule has 3 aromatic rings. The highest BCUT2D eigenvalue weighted by atomic mass is 19.4. The summed E-state index contributed by atoms with van der Waals surface area (Å²) in [5.74, 6) is 1.49. The molecule has 0 bridgehead atoms. The summed E-state index contributed by atoms with van der Waals surface area (Å²) in [6, 6.07) is 7.33. The van der Waals surface area contributed by atoms with Crippen LogP contribution in [0.2, 0.25) is 0 Å². The molecule has 1 amide bonds. The van der Waals surface area contributed by atoms with Crippen molar-refractivity contribution in [3.8, 4) is 0 Å². The molecular weight excluding hydrogens is 719 g/mol. The number of amides is 1. The molecule has 0 saturated carbocycles. The summed E-state index contributed by atoms with van der Waals surface area (Å²) in [4.78, 5) is 27.6. The smallest absolute Gasteiger partial charge is 0.416 e. The minimum atomic E-state index is -4.48. The van der Waals surface area contributed by atoms with Crippen LogP contribution in [0.1, 0.15) is 65.8 Å². The minimum Gasteiger partial charge on any atom is -0.439 e. The van der Waals surface area contributed by atoms with Crippen molar-refractivity contribution in [1.29, 1.82) is 0 Å². The van der Waals surface area contributed by atoms with Gasteiger partial charge in [-0.25, -0.2) is 14.8 Å². The molecule has 3 saturated heterocycles. The van der Waals surface area contributed by atoms with E-state index in [1.807, 2.05) is 65.0 Å². The highest BCUT2D eigenvalue weighted by Crippen LogP contribution is 2.38. The number of aryl methyl sites for hydroxylation is 3. The van der Waals surface area contributed by atoms with Crippen LogP contribution in [0.5, 0.6) is 0 Å². The molecule has 12 nitrogen and oxygen atoms in total. The molecule has 1 aromatic carbocycles. The number of aliphatic hydroxyl groups excluding tert-OH is 1. The molecule has 3 aliphatic rings. The van der Waals surface area contributed by atoms with Gasteiger partial charge >= 0.3 is 12.3 Å². The maximum Gasteiger partial charge on any atom is 0.416 e. The van der Waals surface area contributed by atoms with Crippen molar-refractivity contribution in [2.75, 3.05) is 63.5 Å². The number of halogens is 3. The van der Waals surface area contributed by atoms with Crippen LogP contribution in [0.4, 0.5) is 29.6 Å². The summed E-state index contributed by atoms with van der Waals surface area (Å²) in [7, 11) is 3.90. The molecule has 302 valence electrons. The van der Waals surface area contributed by atoms with Gasteiger partial charge in [-0.15, -0.1) is 0 Å². The Bertz CT molecular complexity index is 1760. The van der Waals surface area contributed by atoms with E-state index >= 15 is 0 Å². The Kier molecular flexibility index (Phi) is 14.0. The number of carbonyl (C=O) groups is 1. The number of carbonyl (C=O) groups excluding carboxylic acids is 1. The van der Waals surface area contributed by atoms with Gasteiger partial charge in [-0.05, 0) is 82.5 Å². The second-order valence-electron chi connectivity index (χ2n) is 14.4. The van der Waals surface area contributed by atoms with E-state index in [0.29, 0.717) is 56.6 Å². The number of hydrogen-bond acceptors (Lipinski definition) is 11. The highest BCUT2D eigenvalue weighted by Gasteiger charge is 2.42. The summed E-state index contributed by atoms with van der Waals surface area (Å²) in [5.41, 5.74) is 3.65. The van der Waals surface area contributed by atoms with Gasteiger partial charge in [-0.3, -0.25) is 4.90 Å². The van der Waals surface area contributed by atoms with E-state index in [1.54, 1.807) is 31.0 Å². The Balaban J connectivity index is 0.000000256. The number of rotatable bonds is 12. The molecule has 0 aliphatic carbocycles. The van der Waals surface area contributed by atoms with E-state index < -0.39 is 30.0 Å². The first-order valence-electron chi connectivity index (χ1n) is 18.7. The lowest BCUT2D eigenvalue weighted by Crippen LogP contribution is -2.43. The van der Waals surface area contributed by atoms with E-state index in [9.17, 15) is 23.1 Å². The fourth-order valence-electron chi connectivity index (χ4n) is 7.43. The molecule has 1 N–H and O–H groups in total. The van der Waals surface area contributed by atoms with E-state index in [4.69, 9.17) is 23.7 Å². The predicted molar refractivity (Wildman–Crippen MR) is 201 cm³/mol. The van der Waals surface area contributed by atoms with Crippen molar-refractivity contribution in [3.05, 3.63) is 81.7 Å². The van der Waals surface area contributed by atoms with Gasteiger partial charge in [-0.1, -0.05) is 11.6 Å². The van der Waals surface area contributed by atoms with Gasteiger partial charge in [0, 0.05) is 50.8 Å². The van der Waals surface area contributed by atoms with Crippen LogP contribution in [0.3, 0.4) is 0 Å². The average Bonchev–Trinajstić information content (AvgIpc) is 3.88. The first kappa shape index (κ1) is 42.1. The predicted octanol–water partition coefficient (Wildman–Crippen LogP) is 6.16. The van der Waals surface area contributed by atoms with Crippen LogP contribution in [-0.2, 0) is 43.0 Å². The highest BCUT2D eigenvalue weighted by molar-refractivity contribution is 5.71. The first-order chi connectivity index (χ1) is 26.2. The maximum atomic E-state index is 13.4. The van der Waals surface area contributed by atoms with Gasteiger partial charge < -0.3 is 38.6 Å². The SMILES string of the molecule is CCO[C@H]1COCC1N(C)c1ncc(C)cc1CO.CCO[C@H]1COC[C@@H]1N(C)c1ncc(C)cc1CN1C(=O)O[C@H](c2cc(C)cc(C(F)(F)F)c2)[C@@H]1C. The largest absolute Gasteiger partial charge is 0.439 e. The zero-order chi connectivity index (χ0) is 40.0. The zero-order valence-electron chi connectivity index (χ0n) is 32.9. The number of aliphatic hydroxyl groups is 1. The topological polar surface area (TPSA) is 119 Å². The Morgan fingerprint density at radius 2 is 1.35 bits per heavy atom. The molecule has 15 heteroatoms. The van der Waals surface area contributed by atoms with E-state index in [1.165, 1.54) is 0 Å². The standard InChI is InChI=1S/C26H32F3N3O4.C14H22N2O3/c1-6-35-22-14-34-13-21(22)31(5)24-19(8-16(3)11-30-24)12-32-17(4)23(36-25(32)33)18-7-15(2)9-20(10-18)26(27,28)29;1-4-19-13-9-18-8-12(13)16(3)14-11(7-17)5-10(2)6-15-14/h7-11,17,21-23H,6,12-14H2,1-5H3;5-6,12-13,17H,4,7-9H2,1-3H3/t17-,21-,22-,23-;12?,13-/m00/s1. The summed E-state index contributed by atoms with van der Waals surface area (Å²) in [6.07, 6.45) is -2.33. The molecule has 3 aliphatic heterocycles. The lowest BCUT2D eigenvalue weighted by Gasteiger charge is -2.31. The third-order valence-electron chi connectivity index (χ3n) is 10.2. The molecule has 55 heavy (non-hydrogen) atoms. The van der Waals surface area contributed by atoms with Crippen LogP contribution in [-0.4, -0.2) is 110 Å². The lowest BCUT2D eigenvalue weighted by atomic mass is 9.98. The molecule has 0 spiro atoms. The number of aromatic nitrogens is 2. The van der Waals surface area contributed by atoms with E-state index in [2.05, 4.69) is 14.9 Å². The van der Waals surface area contributed by atoms with E-state index in [-0.39, 0.29) is 37.4 Å². The van der Waals surface area contributed by atoms with Crippen molar-refractivity contribution in [3.63, 3.8) is 0 Å². The molecule has 1 unspecified atom stereocenters. The zero-order valence-corrected chi connectivity index (χ0v) is 32.9. The number of nitrogens with zero attached hydrogens (tertiary/aromatic N) is 5. The van der Waals surface area contributed by atoms with Crippen LogP contribution in [0, 0.1) is 20.8 Å². The molecular formula is C40H54F3N5O7. The number of cyclic esters (lactones) is 1. The van der Waals surface area contributed by atoms with Crippen molar-refractivity contribution in [2.24, 2.45) is 0 Å². The molecule has 0 radical (unpaired) electrons. The third-order valence-corrected chi connectivity index (χ3v) is 10.2. The van der Waals surface area contributed by atoms with Crippen molar-refractivity contribution < 1.29 is 46.8 Å². The van der Waals surface area contributed by atoms with Crippen LogP contribution < -0.4 is 9.80 Å². The third kappa shape index (κ3) is 9.87. The fraction of sp³-hybridized carbons (Fsp3) is 0.575. The van der Waals surface area contributed by atoms with Gasteiger partial charge in [0.2, 0.25) is 0 Å². The summed E-state index contributed by atoms with van der Waals surface area (Å²) in [6.45, 7) is 14.9. The number of anilines is 2. The molecule has 6 rings (SSSR count). The fourth-order valence-corrected chi connectivity index (χ4v) is 7.43. The number of hydrogen-bond donors (Lipinski definition) is 1. The number of likely N-dealkylation sites (N-methyl/N-ethyl adjacent to an activating group) is 2. The van der Waals surface area contributed by atoms with Gasteiger partial charge in [-0.2, -0.15) is 13.2 Å². The van der Waals surface area contributed by atoms with Crippen LogP contribution in [0.15, 0.2) is 42.7 Å². The molecule has 2 aromatic heterocycles.